The zero-order valence-corrected chi connectivity index (χ0v) is 18.3. The number of aryl methyl sites for hydroxylation is 2. The van der Waals surface area contributed by atoms with Crippen LogP contribution in [0.4, 0.5) is 5.69 Å². The Morgan fingerprint density at radius 3 is 2.57 bits per heavy atom. The van der Waals surface area contributed by atoms with Crippen molar-refractivity contribution in [1.82, 2.24) is 9.13 Å². The summed E-state index contributed by atoms with van der Waals surface area (Å²) in [6.45, 7) is 9.54. The molecule has 0 fully saturated rings. The van der Waals surface area contributed by atoms with E-state index in [1.54, 1.807) is 7.11 Å². The summed E-state index contributed by atoms with van der Waals surface area (Å²) in [6.07, 6.45) is 0. The Balaban J connectivity index is 1.89. The highest BCUT2D eigenvalue weighted by Gasteiger charge is 2.23. The number of carbonyl (C=O) groups is 1. The minimum Gasteiger partial charge on any atom is -0.383 e. The predicted molar refractivity (Wildman–Crippen MR) is 124 cm³/mol. The molecular formula is C25H29N3O2. The molecule has 0 saturated carbocycles. The van der Waals surface area contributed by atoms with E-state index in [2.05, 4.69) is 58.6 Å². The number of benzene rings is 2. The van der Waals surface area contributed by atoms with Crippen molar-refractivity contribution in [3.05, 3.63) is 65.4 Å². The number of nitrogens with one attached hydrogen (secondary N) is 1. The van der Waals surface area contributed by atoms with E-state index in [-0.39, 0.29) is 11.9 Å². The van der Waals surface area contributed by atoms with Gasteiger partial charge in [0.25, 0.3) is 5.91 Å². The highest BCUT2D eigenvalue weighted by Crippen LogP contribution is 2.34. The first-order valence-corrected chi connectivity index (χ1v) is 10.4. The molecule has 156 valence electrons. The van der Waals surface area contributed by atoms with E-state index >= 15 is 0 Å². The quantitative estimate of drug-likeness (QED) is 0.449. The van der Waals surface area contributed by atoms with E-state index in [9.17, 15) is 4.79 Å². The smallest absolute Gasteiger partial charge is 0.272 e. The molecule has 0 aliphatic carbocycles. The molecule has 2 aromatic heterocycles. The van der Waals surface area contributed by atoms with E-state index in [1.807, 2.05) is 32.0 Å². The lowest BCUT2D eigenvalue weighted by atomic mass is 10.1. The number of hydrogen-bond acceptors (Lipinski definition) is 2. The Hall–Kier alpha value is -3.05. The maximum Gasteiger partial charge on any atom is 0.272 e. The lowest BCUT2D eigenvalue weighted by Crippen LogP contribution is -2.19. The van der Waals surface area contributed by atoms with Crippen LogP contribution in [0.15, 0.2) is 48.5 Å². The molecule has 2 aromatic carbocycles. The fourth-order valence-corrected chi connectivity index (χ4v) is 4.23. The number of aromatic nitrogens is 2. The summed E-state index contributed by atoms with van der Waals surface area (Å²) in [5.74, 6) is -0.101. The van der Waals surface area contributed by atoms with Crippen molar-refractivity contribution < 1.29 is 9.53 Å². The molecule has 0 aliphatic heterocycles. The number of carbonyl (C=O) groups excluding carboxylic acids is 1. The lowest BCUT2D eigenvalue weighted by Gasteiger charge is -2.13. The number of amides is 1. The van der Waals surface area contributed by atoms with Crippen molar-refractivity contribution in [2.75, 3.05) is 19.0 Å². The van der Waals surface area contributed by atoms with E-state index in [0.717, 1.165) is 33.2 Å². The number of rotatable bonds is 6. The number of nitrogens with zero attached hydrogens (tertiary/aromatic N) is 2. The second-order valence-electron chi connectivity index (χ2n) is 8.16. The third-order valence-corrected chi connectivity index (χ3v) is 5.66. The van der Waals surface area contributed by atoms with Gasteiger partial charge in [-0.15, -0.1) is 0 Å². The van der Waals surface area contributed by atoms with Gasteiger partial charge in [0, 0.05) is 30.8 Å². The van der Waals surface area contributed by atoms with Gasteiger partial charge in [-0.05, 0) is 57.0 Å². The van der Waals surface area contributed by atoms with Crippen molar-refractivity contribution in [3.63, 3.8) is 0 Å². The molecule has 4 rings (SSSR count). The number of anilines is 1. The van der Waals surface area contributed by atoms with Gasteiger partial charge < -0.3 is 19.2 Å². The van der Waals surface area contributed by atoms with E-state index < -0.39 is 0 Å². The topological polar surface area (TPSA) is 48.2 Å². The summed E-state index contributed by atoms with van der Waals surface area (Å²) in [4.78, 5) is 13.4. The van der Waals surface area contributed by atoms with Gasteiger partial charge in [0.1, 0.15) is 5.69 Å². The summed E-state index contributed by atoms with van der Waals surface area (Å²) >= 11 is 0. The highest BCUT2D eigenvalue weighted by atomic mass is 16.5. The summed E-state index contributed by atoms with van der Waals surface area (Å²) in [5.41, 5.74) is 7.01. The largest absolute Gasteiger partial charge is 0.383 e. The third-order valence-electron chi connectivity index (χ3n) is 5.66. The van der Waals surface area contributed by atoms with Gasteiger partial charge >= 0.3 is 0 Å². The highest BCUT2D eigenvalue weighted by molar-refractivity contribution is 6.12. The van der Waals surface area contributed by atoms with E-state index in [0.29, 0.717) is 18.8 Å². The van der Waals surface area contributed by atoms with Crippen LogP contribution in [-0.2, 0) is 11.3 Å². The molecular weight excluding hydrogens is 374 g/mol. The van der Waals surface area contributed by atoms with Gasteiger partial charge in [0.05, 0.1) is 23.2 Å². The number of fused-ring (bicyclic) bond motifs is 3. The molecule has 5 nitrogen and oxygen atoms in total. The molecule has 0 bridgehead atoms. The maximum atomic E-state index is 13.4. The minimum atomic E-state index is -0.101. The van der Waals surface area contributed by atoms with Crippen LogP contribution in [-0.4, -0.2) is 28.8 Å². The van der Waals surface area contributed by atoms with Crippen LogP contribution in [0.25, 0.3) is 21.9 Å². The number of methoxy groups -OCH3 is 1. The number of para-hydroxylation sites is 1. The predicted octanol–water partition coefficient (Wildman–Crippen LogP) is 5.69. The number of ether oxygens (including phenoxy) is 1. The average Bonchev–Trinajstić information content (AvgIpc) is 3.23. The molecule has 1 amide bonds. The van der Waals surface area contributed by atoms with Crippen LogP contribution in [0.3, 0.4) is 0 Å². The molecule has 0 atom stereocenters. The average molecular weight is 404 g/mol. The molecule has 0 unspecified atom stereocenters. The van der Waals surface area contributed by atoms with Gasteiger partial charge in [-0.25, -0.2) is 0 Å². The van der Waals surface area contributed by atoms with Crippen LogP contribution < -0.4 is 5.32 Å². The Kier molecular flexibility index (Phi) is 5.39. The summed E-state index contributed by atoms with van der Waals surface area (Å²) in [5, 5.41) is 4.28. The van der Waals surface area contributed by atoms with Crippen LogP contribution in [0, 0.1) is 13.8 Å². The fourth-order valence-electron chi connectivity index (χ4n) is 4.23. The first-order valence-electron chi connectivity index (χ1n) is 10.4. The molecule has 5 heteroatoms. The van der Waals surface area contributed by atoms with Gasteiger partial charge in [0.15, 0.2) is 0 Å². The fraction of sp³-hybridized carbons (Fsp3) is 0.320. The summed E-state index contributed by atoms with van der Waals surface area (Å²) < 4.78 is 9.76. The van der Waals surface area contributed by atoms with Gasteiger partial charge in [-0.2, -0.15) is 0 Å². The maximum absolute atomic E-state index is 13.4. The molecule has 0 saturated heterocycles. The Labute approximate surface area is 177 Å². The van der Waals surface area contributed by atoms with Crippen molar-refractivity contribution >= 4 is 33.5 Å². The molecule has 1 N–H and O–H groups in total. The second kappa shape index (κ2) is 8.00. The third kappa shape index (κ3) is 3.39. The molecule has 2 heterocycles. The SMILES string of the molecule is COCCn1c(C(=O)Nc2cc(C)ccc2C)cc2c1c1ccccc1n2C(C)C. The zero-order chi connectivity index (χ0) is 21.4. The van der Waals surface area contributed by atoms with Crippen molar-refractivity contribution in [2.24, 2.45) is 0 Å². The van der Waals surface area contributed by atoms with Crippen LogP contribution in [0.5, 0.6) is 0 Å². The van der Waals surface area contributed by atoms with E-state index in [1.165, 1.54) is 5.52 Å². The van der Waals surface area contributed by atoms with Gasteiger partial charge in [0.2, 0.25) is 0 Å². The van der Waals surface area contributed by atoms with Crippen LogP contribution >= 0.6 is 0 Å². The summed E-state index contributed by atoms with van der Waals surface area (Å²) in [7, 11) is 1.69. The van der Waals surface area contributed by atoms with Crippen molar-refractivity contribution in [1.29, 1.82) is 0 Å². The zero-order valence-electron chi connectivity index (χ0n) is 18.3. The molecule has 30 heavy (non-hydrogen) atoms. The first-order chi connectivity index (χ1) is 14.4. The van der Waals surface area contributed by atoms with E-state index in [4.69, 9.17) is 4.74 Å². The molecule has 0 spiro atoms. The Morgan fingerprint density at radius 2 is 1.83 bits per heavy atom. The van der Waals surface area contributed by atoms with Crippen LogP contribution in [0.1, 0.15) is 41.5 Å². The van der Waals surface area contributed by atoms with Crippen molar-refractivity contribution in [2.45, 2.75) is 40.3 Å². The monoisotopic (exact) mass is 403 g/mol. The minimum absolute atomic E-state index is 0.101. The van der Waals surface area contributed by atoms with Crippen molar-refractivity contribution in [3.8, 4) is 0 Å². The second-order valence-corrected chi connectivity index (χ2v) is 8.16. The summed E-state index contributed by atoms with van der Waals surface area (Å²) in [6, 6.07) is 16.8. The lowest BCUT2D eigenvalue weighted by molar-refractivity contribution is 0.101. The Bertz CT molecular complexity index is 1230. The molecule has 0 aliphatic rings. The Morgan fingerprint density at radius 1 is 1.07 bits per heavy atom. The molecule has 4 aromatic rings. The number of hydrogen-bond donors (Lipinski definition) is 1. The standard InChI is InChI=1S/C25H29N3O2/c1-16(2)28-21-9-7-6-8-19(21)24-22(28)15-23(27(24)12-13-30-5)25(29)26-20-14-17(3)10-11-18(20)4/h6-11,14-16H,12-13H2,1-5H3,(H,26,29). The van der Waals surface area contributed by atoms with Gasteiger partial charge in [-0.3, -0.25) is 4.79 Å². The van der Waals surface area contributed by atoms with Gasteiger partial charge in [-0.1, -0.05) is 30.3 Å². The molecule has 0 radical (unpaired) electrons. The van der Waals surface area contributed by atoms with Crippen LogP contribution in [0.2, 0.25) is 0 Å². The normalized spacial score (nSPS) is 11.7. The first kappa shape index (κ1) is 20.2.